The van der Waals surface area contributed by atoms with E-state index in [2.05, 4.69) is 69.3 Å². The molecule has 0 aliphatic heterocycles. The first-order valence-corrected chi connectivity index (χ1v) is 9.74. The van der Waals surface area contributed by atoms with Gasteiger partial charge in [0.25, 0.3) is 0 Å². The van der Waals surface area contributed by atoms with Gasteiger partial charge in [-0.2, -0.15) is 0 Å². The van der Waals surface area contributed by atoms with Gasteiger partial charge in [-0.1, -0.05) is 61.0 Å². The van der Waals surface area contributed by atoms with E-state index in [1.807, 2.05) is 0 Å². The van der Waals surface area contributed by atoms with Gasteiger partial charge < -0.3 is 0 Å². The summed E-state index contributed by atoms with van der Waals surface area (Å²) >= 11 is 0. The molecule has 0 radical (unpaired) electrons. The summed E-state index contributed by atoms with van der Waals surface area (Å²) in [6.07, 6.45) is 5.25. The summed E-state index contributed by atoms with van der Waals surface area (Å²) in [5.41, 5.74) is 9.10. The number of benzene rings is 3. The van der Waals surface area contributed by atoms with Crippen LogP contribution in [0.3, 0.4) is 0 Å². The number of aryl methyl sites for hydroxylation is 2. The second-order valence-electron chi connectivity index (χ2n) is 8.47. The van der Waals surface area contributed by atoms with Crippen molar-refractivity contribution >= 4 is 10.8 Å². The molecule has 126 valence electrons. The van der Waals surface area contributed by atoms with Gasteiger partial charge >= 0.3 is 0 Å². The highest BCUT2D eigenvalue weighted by Gasteiger charge is 2.42. The van der Waals surface area contributed by atoms with Gasteiger partial charge in [-0.15, -0.1) is 0 Å². The number of hydrogen-bond acceptors (Lipinski definition) is 0. The van der Waals surface area contributed by atoms with Gasteiger partial charge in [-0.3, -0.25) is 0 Å². The first kappa shape index (κ1) is 15.2. The van der Waals surface area contributed by atoms with E-state index in [0.717, 1.165) is 5.92 Å². The molecule has 2 aliphatic carbocycles. The quantitative estimate of drug-likeness (QED) is 0.420. The maximum Gasteiger partial charge on any atom is 0.0215 e. The fourth-order valence-corrected chi connectivity index (χ4v) is 5.40. The van der Waals surface area contributed by atoms with Gasteiger partial charge in [0.15, 0.2) is 0 Å². The molecule has 0 nitrogen and oxygen atoms in total. The Balaban J connectivity index is 1.93. The lowest BCUT2D eigenvalue weighted by molar-refractivity contribution is 0.281. The molecule has 1 spiro atoms. The zero-order valence-corrected chi connectivity index (χ0v) is 15.5. The predicted molar refractivity (Wildman–Crippen MR) is 107 cm³/mol. The fraction of sp³-hybridized carbons (Fsp3) is 0.360. The minimum atomic E-state index is 0.216. The molecule has 0 atom stereocenters. The summed E-state index contributed by atoms with van der Waals surface area (Å²) in [5, 5.41) is 2.97. The van der Waals surface area contributed by atoms with Crippen LogP contribution in [0.25, 0.3) is 21.9 Å². The highest BCUT2D eigenvalue weighted by atomic mass is 14.5. The summed E-state index contributed by atoms with van der Waals surface area (Å²) in [4.78, 5) is 0. The van der Waals surface area contributed by atoms with E-state index in [9.17, 15) is 0 Å². The molecular formula is C25H26. The topological polar surface area (TPSA) is 0 Å². The van der Waals surface area contributed by atoms with Crippen LogP contribution in [0.5, 0.6) is 0 Å². The molecule has 3 aromatic rings. The van der Waals surface area contributed by atoms with Crippen LogP contribution < -0.4 is 0 Å². The molecule has 1 saturated carbocycles. The van der Waals surface area contributed by atoms with Crippen molar-refractivity contribution in [2.75, 3.05) is 0 Å². The monoisotopic (exact) mass is 326 g/mol. The first-order valence-electron chi connectivity index (χ1n) is 9.74. The SMILES string of the molecule is Cc1ccc2c(c1)C1(CCC(C)CC1)c1cccc3c(C)ccc-2c13. The molecule has 25 heavy (non-hydrogen) atoms. The van der Waals surface area contributed by atoms with E-state index >= 15 is 0 Å². The van der Waals surface area contributed by atoms with Crippen LogP contribution in [-0.4, -0.2) is 0 Å². The maximum atomic E-state index is 2.48. The number of rotatable bonds is 0. The third-order valence-corrected chi connectivity index (χ3v) is 6.88. The lowest BCUT2D eigenvalue weighted by Gasteiger charge is -2.45. The molecule has 5 rings (SSSR count). The third kappa shape index (κ3) is 2.00. The predicted octanol–water partition coefficient (Wildman–Crippen LogP) is 6.93. The third-order valence-electron chi connectivity index (χ3n) is 6.88. The highest BCUT2D eigenvalue weighted by molar-refractivity contribution is 6.04. The van der Waals surface area contributed by atoms with Crippen molar-refractivity contribution in [3.05, 3.63) is 70.8 Å². The molecule has 0 heterocycles. The molecule has 0 heteroatoms. The zero-order valence-electron chi connectivity index (χ0n) is 15.5. The van der Waals surface area contributed by atoms with Crippen LogP contribution in [0.15, 0.2) is 48.5 Å². The zero-order chi connectivity index (χ0) is 17.2. The summed E-state index contributed by atoms with van der Waals surface area (Å²) in [5.74, 6) is 0.858. The number of fused-ring (bicyclic) bond motifs is 4. The molecule has 3 aromatic carbocycles. The van der Waals surface area contributed by atoms with Crippen LogP contribution in [0.4, 0.5) is 0 Å². The Labute approximate surface area is 150 Å². The van der Waals surface area contributed by atoms with Gasteiger partial charge in [-0.05, 0) is 84.0 Å². The second-order valence-corrected chi connectivity index (χ2v) is 8.47. The molecule has 0 amide bonds. The van der Waals surface area contributed by atoms with Gasteiger partial charge in [0.05, 0.1) is 0 Å². The van der Waals surface area contributed by atoms with Crippen molar-refractivity contribution in [2.24, 2.45) is 5.92 Å². The van der Waals surface area contributed by atoms with E-state index in [1.165, 1.54) is 58.7 Å². The van der Waals surface area contributed by atoms with Crippen LogP contribution in [0, 0.1) is 19.8 Å². The average Bonchev–Trinajstić information content (AvgIpc) is 2.63. The van der Waals surface area contributed by atoms with Crippen LogP contribution >= 0.6 is 0 Å². The molecular weight excluding hydrogens is 300 g/mol. The Kier molecular flexibility index (Phi) is 3.17. The van der Waals surface area contributed by atoms with Crippen LogP contribution in [0.1, 0.15) is 54.9 Å². The van der Waals surface area contributed by atoms with E-state index < -0.39 is 0 Å². The van der Waals surface area contributed by atoms with Crippen LogP contribution in [0.2, 0.25) is 0 Å². The smallest absolute Gasteiger partial charge is 0.0215 e. The van der Waals surface area contributed by atoms with Crippen molar-refractivity contribution in [1.29, 1.82) is 0 Å². The minimum absolute atomic E-state index is 0.216. The summed E-state index contributed by atoms with van der Waals surface area (Å²) < 4.78 is 0. The van der Waals surface area contributed by atoms with Crippen LogP contribution in [-0.2, 0) is 5.41 Å². The van der Waals surface area contributed by atoms with Gasteiger partial charge in [0.1, 0.15) is 0 Å². The summed E-state index contributed by atoms with van der Waals surface area (Å²) in [7, 11) is 0. The van der Waals surface area contributed by atoms with E-state index in [4.69, 9.17) is 0 Å². The van der Waals surface area contributed by atoms with Crippen molar-refractivity contribution in [1.82, 2.24) is 0 Å². The highest BCUT2D eigenvalue weighted by Crippen LogP contribution is 2.55. The van der Waals surface area contributed by atoms with Crippen molar-refractivity contribution < 1.29 is 0 Å². The average molecular weight is 326 g/mol. The molecule has 2 aliphatic rings. The van der Waals surface area contributed by atoms with E-state index in [1.54, 1.807) is 11.1 Å². The Morgan fingerprint density at radius 2 is 1.60 bits per heavy atom. The summed E-state index contributed by atoms with van der Waals surface area (Å²) in [6, 6.07) is 18.8. The standard InChI is InChI=1S/C25H26/c1-16-11-13-25(14-12-16)22-6-4-5-19-18(3)8-10-21(24(19)22)20-9-7-17(2)15-23(20)25/h4-10,15-16H,11-14H2,1-3H3. The van der Waals surface area contributed by atoms with Crippen molar-refractivity contribution in [3.8, 4) is 11.1 Å². The minimum Gasteiger partial charge on any atom is -0.0625 e. The largest absolute Gasteiger partial charge is 0.0625 e. The molecule has 1 fully saturated rings. The molecule has 0 N–H and O–H groups in total. The van der Waals surface area contributed by atoms with E-state index in [0.29, 0.717) is 0 Å². The number of hydrogen-bond donors (Lipinski definition) is 0. The molecule has 0 saturated heterocycles. The van der Waals surface area contributed by atoms with Gasteiger partial charge in [0, 0.05) is 5.41 Å². The second kappa shape index (κ2) is 5.21. The molecule has 0 bridgehead atoms. The first-order chi connectivity index (χ1) is 12.1. The normalized spacial score (nSPS) is 24.5. The van der Waals surface area contributed by atoms with Gasteiger partial charge in [-0.25, -0.2) is 0 Å². The molecule has 0 unspecified atom stereocenters. The lowest BCUT2D eigenvalue weighted by Crippen LogP contribution is -2.35. The molecule has 0 aromatic heterocycles. The Bertz CT molecular complexity index is 984. The Hall–Kier alpha value is -2.08. The lowest BCUT2D eigenvalue weighted by atomic mass is 9.58. The summed E-state index contributed by atoms with van der Waals surface area (Å²) in [6.45, 7) is 6.92. The van der Waals surface area contributed by atoms with Gasteiger partial charge in [0.2, 0.25) is 0 Å². The fourth-order valence-electron chi connectivity index (χ4n) is 5.40. The van der Waals surface area contributed by atoms with Crippen molar-refractivity contribution in [2.45, 2.75) is 51.9 Å². The Morgan fingerprint density at radius 1 is 0.840 bits per heavy atom. The van der Waals surface area contributed by atoms with Crippen molar-refractivity contribution in [3.63, 3.8) is 0 Å². The Morgan fingerprint density at radius 3 is 2.40 bits per heavy atom. The maximum absolute atomic E-state index is 2.48. The van der Waals surface area contributed by atoms with E-state index in [-0.39, 0.29) is 5.41 Å².